The largest absolute Gasteiger partial charge is 0.357 e. The number of nitro benzene ring substituents is 1. The Labute approximate surface area is 213 Å². The Bertz CT molecular complexity index is 1400. The Balaban J connectivity index is 1.72. The lowest BCUT2D eigenvalue weighted by Gasteiger charge is -2.35. The van der Waals surface area contributed by atoms with Gasteiger partial charge in [-0.25, -0.2) is 0 Å². The van der Waals surface area contributed by atoms with Gasteiger partial charge in [0, 0.05) is 41.3 Å². The quantitative estimate of drug-likeness (QED) is 0.323. The van der Waals surface area contributed by atoms with Gasteiger partial charge >= 0.3 is 0 Å². The fraction of sp³-hybridized carbons (Fsp3) is 0.214. The SMILES string of the molecule is CCC(=O)N1c2ccccc2NC2=C(C(=O)C[C@H](c3ccc(Cl)cc3)C2)[C@@H]1c1cccc([N+](=O)[O-])c1. The standard InChI is InChI=1S/C28H24ClN3O4/c1-2-26(34)31-24-9-4-3-8-22(24)30-23-15-19(17-10-12-20(29)13-11-17)16-25(33)27(23)28(31)18-6-5-7-21(14-18)32(35)36/h3-14,19,28,30H,2,15-16H2,1H3/t19-,28+/m1/s1. The summed E-state index contributed by atoms with van der Waals surface area (Å²) in [7, 11) is 0. The van der Waals surface area contributed by atoms with Gasteiger partial charge in [-0.2, -0.15) is 0 Å². The molecule has 0 spiro atoms. The van der Waals surface area contributed by atoms with Crippen LogP contribution < -0.4 is 10.2 Å². The zero-order valence-corrected chi connectivity index (χ0v) is 20.4. The van der Waals surface area contributed by atoms with E-state index in [9.17, 15) is 19.7 Å². The summed E-state index contributed by atoms with van der Waals surface area (Å²) >= 11 is 6.08. The lowest BCUT2D eigenvalue weighted by Crippen LogP contribution is -2.38. The number of amides is 1. The van der Waals surface area contributed by atoms with Crippen molar-refractivity contribution in [1.82, 2.24) is 0 Å². The molecule has 2 atom stereocenters. The minimum absolute atomic E-state index is 0.0626. The Hall–Kier alpha value is -3.97. The van der Waals surface area contributed by atoms with Crippen LogP contribution in [-0.2, 0) is 9.59 Å². The minimum atomic E-state index is -0.790. The third-order valence-electron chi connectivity index (χ3n) is 6.80. The van der Waals surface area contributed by atoms with Crippen LogP contribution in [0, 0.1) is 10.1 Å². The number of hydrogen-bond acceptors (Lipinski definition) is 5. The predicted octanol–water partition coefficient (Wildman–Crippen LogP) is 6.56. The van der Waals surface area contributed by atoms with Crippen molar-refractivity contribution < 1.29 is 14.5 Å². The number of rotatable bonds is 4. The van der Waals surface area contributed by atoms with Crippen LogP contribution in [0.25, 0.3) is 0 Å². The fourth-order valence-corrected chi connectivity index (χ4v) is 5.26. The smallest absolute Gasteiger partial charge is 0.269 e. The third kappa shape index (κ3) is 4.27. The second-order valence-electron chi connectivity index (χ2n) is 8.99. The number of allylic oxidation sites excluding steroid dienone is 1. The summed E-state index contributed by atoms with van der Waals surface area (Å²) in [6.07, 6.45) is 1.03. The average Bonchev–Trinajstić information content (AvgIpc) is 3.03. The number of nitro groups is 1. The maximum atomic E-state index is 13.8. The number of para-hydroxylation sites is 2. The summed E-state index contributed by atoms with van der Waals surface area (Å²) in [6, 6.07) is 20.3. The van der Waals surface area contributed by atoms with Crippen LogP contribution in [0.5, 0.6) is 0 Å². The Morgan fingerprint density at radius 1 is 1.06 bits per heavy atom. The fourth-order valence-electron chi connectivity index (χ4n) is 5.13. The normalized spacial score (nSPS) is 19.2. The van der Waals surface area contributed by atoms with E-state index in [1.54, 1.807) is 24.0 Å². The van der Waals surface area contributed by atoms with Crippen LogP contribution in [0.2, 0.25) is 5.02 Å². The van der Waals surface area contributed by atoms with Crippen LogP contribution in [-0.4, -0.2) is 16.6 Å². The number of nitrogens with one attached hydrogen (secondary N) is 1. The van der Waals surface area contributed by atoms with Gasteiger partial charge in [-0.3, -0.25) is 24.6 Å². The first-order valence-corrected chi connectivity index (χ1v) is 12.2. The van der Waals surface area contributed by atoms with Gasteiger partial charge in [0.1, 0.15) is 0 Å². The zero-order chi connectivity index (χ0) is 25.4. The molecule has 1 heterocycles. The number of ketones is 1. The second kappa shape index (κ2) is 9.59. The molecule has 0 aromatic heterocycles. The molecule has 0 bridgehead atoms. The highest BCUT2D eigenvalue weighted by Crippen LogP contribution is 2.47. The molecule has 1 aliphatic heterocycles. The van der Waals surface area contributed by atoms with E-state index in [4.69, 9.17) is 11.6 Å². The number of nitrogens with zero attached hydrogens (tertiary/aromatic N) is 2. The highest BCUT2D eigenvalue weighted by molar-refractivity contribution is 6.30. The molecule has 2 aliphatic rings. The first-order chi connectivity index (χ1) is 17.4. The lowest BCUT2D eigenvalue weighted by atomic mass is 9.78. The first kappa shape index (κ1) is 23.8. The molecule has 0 saturated heterocycles. The van der Waals surface area contributed by atoms with Gasteiger partial charge < -0.3 is 5.32 Å². The first-order valence-electron chi connectivity index (χ1n) is 11.8. The number of anilines is 2. The summed E-state index contributed by atoms with van der Waals surface area (Å²) in [5.74, 6) is -0.337. The van der Waals surface area contributed by atoms with Gasteiger partial charge in [-0.1, -0.05) is 54.9 Å². The Morgan fingerprint density at radius 3 is 2.53 bits per heavy atom. The van der Waals surface area contributed by atoms with E-state index in [1.807, 2.05) is 48.5 Å². The van der Waals surface area contributed by atoms with Gasteiger partial charge in [0.25, 0.3) is 5.69 Å². The van der Waals surface area contributed by atoms with Crippen molar-refractivity contribution >= 4 is 40.4 Å². The lowest BCUT2D eigenvalue weighted by molar-refractivity contribution is -0.384. The van der Waals surface area contributed by atoms with Crippen LogP contribution in [0.3, 0.4) is 0 Å². The maximum Gasteiger partial charge on any atom is 0.269 e. The molecule has 36 heavy (non-hydrogen) atoms. The van der Waals surface area contributed by atoms with E-state index in [-0.39, 0.29) is 36.1 Å². The predicted molar refractivity (Wildman–Crippen MR) is 139 cm³/mol. The van der Waals surface area contributed by atoms with E-state index in [0.717, 1.165) is 11.3 Å². The summed E-state index contributed by atoms with van der Waals surface area (Å²) in [6.45, 7) is 1.77. The molecule has 1 N–H and O–H groups in total. The van der Waals surface area contributed by atoms with Crippen molar-refractivity contribution in [3.63, 3.8) is 0 Å². The number of benzene rings is 3. The van der Waals surface area contributed by atoms with Gasteiger partial charge in [0.2, 0.25) is 5.91 Å². The van der Waals surface area contributed by atoms with E-state index < -0.39 is 11.0 Å². The molecule has 5 rings (SSSR count). The highest BCUT2D eigenvalue weighted by atomic mass is 35.5. The average molecular weight is 502 g/mol. The molecule has 3 aromatic rings. The number of carbonyl (C=O) groups excluding carboxylic acids is 2. The van der Waals surface area contributed by atoms with Gasteiger partial charge in [-0.15, -0.1) is 0 Å². The van der Waals surface area contributed by atoms with Crippen molar-refractivity contribution in [3.05, 3.63) is 110 Å². The van der Waals surface area contributed by atoms with Crippen molar-refractivity contribution in [2.75, 3.05) is 10.2 Å². The topological polar surface area (TPSA) is 92.6 Å². The number of hydrogen-bond donors (Lipinski definition) is 1. The van der Waals surface area contributed by atoms with E-state index >= 15 is 0 Å². The van der Waals surface area contributed by atoms with Crippen molar-refractivity contribution in [2.45, 2.75) is 38.1 Å². The van der Waals surface area contributed by atoms with Crippen molar-refractivity contribution in [3.8, 4) is 0 Å². The van der Waals surface area contributed by atoms with E-state index in [0.29, 0.717) is 34.0 Å². The maximum absolute atomic E-state index is 13.8. The summed E-state index contributed by atoms with van der Waals surface area (Å²) in [5, 5.41) is 15.6. The Kier molecular flexibility index (Phi) is 6.33. The van der Waals surface area contributed by atoms with Crippen LogP contribution >= 0.6 is 11.6 Å². The van der Waals surface area contributed by atoms with Crippen LogP contribution in [0.1, 0.15) is 49.3 Å². The highest BCUT2D eigenvalue weighted by Gasteiger charge is 2.41. The molecule has 3 aromatic carbocycles. The molecule has 1 aliphatic carbocycles. The number of fused-ring (bicyclic) bond motifs is 1. The van der Waals surface area contributed by atoms with Crippen molar-refractivity contribution in [1.29, 1.82) is 0 Å². The van der Waals surface area contributed by atoms with Crippen LogP contribution in [0.4, 0.5) is 17.1 Å². The number of carbonyl (C=O) groups is 2. The monoisotopic (exact) mass is 501 g/mol. The molecular formula is C28H24ClN3O4. The minimum Gasteiger partial charge on any atom is -0.357 e. The Morgan fingerprint density at radius 2 is 1.81 bits per heavy atom. The van der Waals surface area contributed by atoms with E-state index in [2.05, 4.69) is 5.32 Å². The third-order valence-corrected chi connectivity index (χ3v) is 7.05. The molecule has 0 saturated carbocycles. The van der Waals surface area contributed by atoms with E-state index in [1.165, 1.54) is 12.1 Å². The summed E-state index contributed by atoms with van der Waals surface area (Å²) in [4.78, 5) is 40.0. The summed E-state index contributed by atoms with van der Waals surface area (Å²) in [5.41, 5.74) is 3.98. The molecule has 1 amide bonds. The molecule has 0 fully saturated rings. The molecular weight excluding hydrogens is 478 g/mol. The molecule has 182 valence electrons. The number of halogens is 1. The number of non-ortho nitro benzene ring substituents is 1. The zero-order valence-electron chi connectivity index (χ0n) is 19.6. The molecule has 7 nitrogen and oxygen atoms in total. The number of Topliss-reactive ketones (excluding diaryl/α,β-unsaturated/α-hetero) is 1. The van der Waals surface area contributed by atoms with Crippen LogP contribution in [0.15, 0.2) is 84.1 Å². The molecule has 0 unspecified atom stereocenters. The van der Waals surface area contributed by atoms with Gasteiger partial charge in [0.15, 0.2) is 5.78 Å². The second-order valence-corrected chi connectivity index (χ2v) is 9.42. The molecule has 0 radical (unpaired) electrons. The van der Waals surface area contributed by atoms with Gasteiger partial charge in [-0.05, 0) is 47.7 Å². The van der Waals surface area contributed by atoms with Gasteiger partial charge in [0.05, 0.1) is 22.3 Å². The van der Waals surface area contributed by atoms with Crippen molar-refractivity contribution in [2.24, 2.45) is 0 Å². The summed E-state index contributed by atoms with van der Waals surface area (Å²) < 4.78 is 0. The molecule has 8 heteroatoms.